The number of nitrogens with zero attached hydrogens (tertiary/aromatic N) is 2. The Labute approximate surface area is 162 Å². The molecule has 0 unspecified atom stereocenters. The highest BCUT2D eigenvalue weighted by atomic mass is 79.9. The standard InChI is InChI=1S/C20H22BrN3O2/c1-26-19-5-3-2-4-18(19)23-12-14-24(15-13-23)20(25)22-11-10-16-6-8-17(21)9-7-16/h2-11H,12-15H2,1H3,(H,22,25)/b11-10+. The first kappa shape index (κ1) is 18.3. The van der Waals surface area contributed by atoms with Gasteiger partial charge in [0, 0.05) is 36.9 Å². The van der Waals surface area contributed by atoms with E-state index in [2.05, 4.69) is 32.2 Å². The van der Waals surface area contributed by atoms with Gasteiger partial charge in [-0.25, -0.2) is 4.79 Å². The highest BCUT2D eigenvalue weighted by Crippen LogP contribution is 2.28. The van der Waals surface area contributed by atoms with Crippen molar-refractivity contribution >= 4 is 33.7 Å². The number of para-hydroxylation sites is 2. The lowest BCUT2D eigenvalue weighted by atomic mass is 10.2. The van der Waals surface area contributed by atoms with Gasteiger partial charge in [0.15, 0.2) is 0 Å². The number of carbonyl (C=O) groups excluding carboxylic acids is 1. The predicted molar refractivity (Wildman–Crippen MR) is 108 cm³/mol. The lowest BCUT2D eigenvalue weighted by Gasteiger charge is -2.36. The number of ether oxygens (including phenoxy) is 1. The largest absolute Gasteiger partial charge is 0.495 e. The fourth-order valence-electron chi connectivity index (χ4n) is 2.92. The number of methoxy groups -OCH3 is 1. The van der Waals surface area contributed by atoms with E-state index < -0.39 is 0 Å². The van der Waals surface area contributed by atoms with Crippen LogP contribution in [0.1, 0.15) is 5.56 Å². The van der Waals surface area contributed by atoms with E-state index in [9.17, 15) is 4.79 Å². The third-order valence-electron chi connectivity index (χ3n) is 4.35. The average Bonchev–Trinajstić information content (AvgIpc) is 2.69. The van der Waals surface area contributed by atoms with Gasteiger partial charge in [-0.05, 0) is 35.9 Å². The van der Waals surface area contributed by atoms with Crippen LogP contribution in [0.5, 0.6) is 5.75 Å². The second-order valence-electron chi connectivity index (χ2n) is 5.98. The maximum absolute atomic E-state index is 12.3. The van der Waals surface area contributed by atoms with Crippen LogP contribution in [-0.2, 0) is 0 Å². The highest BCUT2D eigenvalue weighted by Gasteiger charge is 2.22. The number of carbonyl (C=O) groups is 1. The Morgan fingerprint density at radius 2 is 1.77 bits per heavy atom. The van der Waals surface area contributed by atoms with Gasteiger partial charge < -0.3 is 19.9 Å². The number of rotatable bonds is 4. The summed E-state index contributed by atoms with van der Waals surface area (Å²) in [7, 11) is 1.68. The summed E-state index contributed by atoms with van der Waals surface area (Å²) in [5, 5.41) is 2.84. The molecule has 0 aliphatic carbocycles. The lowest BCUT2D eigenvalue weighted by molar-refractivity contribution is 0.198. The van der Waals surface area contributed by atoms with Crippen LogP contribution in [0.25, 0.3) is 6.08 Å². The van der Waals surface area contributed by atoms with Crippen molar-refractivity contribution in [1.29, 1.82) is 0 Å². The Morgan fingerprint density at radius 1 is 1.08 bits per heavy atom. The number of hydrogen-bond acceptors (Lipinski definition) is 3. The van der Waals surface area contributed by atoms with Gasteiger partial charge >= 0.3 is 6.03 Å². The van der Waals surface area contributed by atoms with Crippen molar-refractivity contribution < 1.29 is 9.53 Å². The molecule has 1 fully saturated rings. The maximum atomic E-state index is 12.3. The van der Waals surface area contributed by atoms with E-state index in [1.807, 2.05) is 53.4 Å². The zero-order chi connectivity index (χ0) is 18.4. The lowest BCUT2D eigenvalue weighted by Crippen LogP contribution is -2.51. The molecule has 0 spiro atoms. The summed E-state index contributed by atoms with van der Waals surface area (Å²) in [6, 6.07) is 15.8. The van der Waals surface area contributed by atoms with Crippen molar-refractivity contribution in [2.45, 2.75) is 0 Å². The average molecular weight is 416 g/mol. The van der Waals surface area contributed by atoms with E-state index in [4.69, 9.17) is 4.74 Å². The van der Waals surface area contributed by atoms with Crippen LogP contribution in [0.2, 0.25) is 0 Å². The minimum absolute atomic E-state index is 0.0713. The van der Waals surface area contributed by atoms with Crippen molar-refractivity contribution in [3.63, 3.8) is 0 Å². The summed E-state index contributed by atoms with van der Waals surface area (Å²) in [6.07, 6.45) is 3.58. The number of urea groups is 1. The van der Waals surface area contributed by atoms with E-state index in [1.54, 1.807) is 13.3 Å². The molecular formula is C20H22BrN3O2. The van der Waals surface area contributed by atoms with Crippen LogP contribution in [0.4, 0.5) is 10.5 Å². The van der Waals surface area contributed by atoms with Gasteiger partial charge in [0.05, 0.1) is 12.8 Å². The second-order valence-corrected chi connectivity index (χ2v) is 6.90. The summed E-state index contributed by atoms with van der Waals surface area (Å²) in [5.74, 6) is 0.864. The zero-order valence-electron chi connectivity index (χ0n) is 14.7. The number of anilines is 1. The van der Waals surface area contributed by atoms with Gasteiger partial charge in [0.2, 0.25) is 0 Å². The summed E-state index contributed by atoms with van der Waals surface area (Å²) < 4.78 is 6.46. The van der Waals surface area contributed by atoms with E-state index >= 15 is 0 Å². The zero-order valence-corrected chi connectivity index (χ0v) is 16.3. The van der Waals surface area contributed by atoms with Gasteiger partial charge in [-0.15, -0.1) is 0 Å². The minimum Gasteiger partial charge on any atom is -0.495 e. The fourth-order valence-corrected chi connectivity index (χ4v) is 3.18. The van der Waals surface area contributed by atoms with Crippen LogP contribution in [0, 0.1) is 0 Å². The van der Waals surface area contributed by atoms with Crippen LogP contribution < -0.4 is 15.0 Å². The summed E-state index contributed by atoms with van der Waals surface area (Å²) in [5.41, 5.74) is 2.11. The number of nitrogens with one attached hydrogen (secondary N) is 1. The van der Waals surface area contributed by atoms with E-state index in [0.29, 0.717) is 13.1 Å². The molecule has 136 valence electrons. The van der Waals surface area contributed by atoms with Gasteiger partial charge in [-0.1, -0.05) is 40.2 Å². The van der Waals surface area contributed by atoms with Gasteiger partial charge in [-0.3, -0.25) is 0 Å². The van der Waals surface area contributed by atoms with Crippen LogP contribution in [0.15, 0.2) is 59.2 Å². The smallest absolute Gasteiger partial charge is 0.321 e. The first-order valence-electron chi connectivity index (χ1n) is 8.53. The molecule has 1 aliphatic heterocycles. The summed E-state index contributed by atoms with van der Waals surface area (Å²) >= 11 is 3.41. The Hall–Kier alpha value is -2.47. The molecule has 1 aliphatic rings. The Bertz CT molecular complexity index is 769. The van der Waals surface area contributed by atoms with Gasteiger partial charge in [-0.2, -0.15) is 0 Å². The molecule has 1 saturated heterocycles. The van der Waals surface area contributed by atoms with Gasteiger partial charge in [0.25, 0.3) is 0 Å². The van der Waals surface area contributed by atoms with Crippen molar-refractivity contribution in [1.82, 2.24) is 10.2 Å². The second kappa shape index (κ2) is 8.76. The molecule has 2 aromatic carbocycles. The number of halogens is 1. The van der Waals surface area contributed by atoms with Crippen LogP contribution >= 0.6 is 15.9 Å². The van der Waals surface area contributed by atoms with Crippen molar-refractivity contribution in [3.05, 3.63) is 64.8 Å². The van der Waals surface area contributed by atoms with Crippen molar-refractivity contribution in [2.75, 3.05) is 38.2 Å². The molecule has 2 amide bonds. The summed E-state index contributed by atoms with van der Waals surface area (Å²) in [6.45, 7) is 2.92. The van der Waals surface area contributed by atoms with E-state index in [-0.39, 0.29) is 6.03 Å². The number of piperazine rings is 1. The topological polar surface area (TPSA) is 44.8 Å². The maximum Gasteiger partial charge on any atom is 0.321 e. The molecule has 3 rings (SSSR count). The van der Waals surface area contributed by atoms with Crippen LogP contribution in [-0.4, -0.2) is 44.2 Å². The number of amides is 2. The molecular weight excluding hydrogens is 394 g/mol. The molecule has 26 heavy (non-hydrogen) atoms. The van der Waals surface area contributed by atoms with E-state index in [1.165, 1.54) is 0 Å². The quantitative estimate of drug-likeness (QED) is 0.821. The molecule has 0 saturated carbocycles. The molecule has 0 atom stereocenters. The first-order chi connectivity index (χ1) is 12.7. The molecule has 5 nitrogen and oxygen atoms in total. The van der Waals surface area contributed by atoms with Crippen molar-refractivity contribution in [2.24, 2.45) is 0 Å². The minimum atomic E-state index is -0.0713. The van der Waals surface area contributed by atoms with E-state index in [0.717, 1.165) is 34.6 Å². The third-order valence-corrected chi connectivity index (χ3v) is 4.87. The Balaban J connectivity index is 1.51. The molecule has 0 aromatic heterocycles. The molecule has 1 heterocycles. The van der Waals surface area contributed by atoms with Crippen LogP contribution in [0.3, 0.4) is 0 Å². The highest BCUT2D eigenvalue weighted by molar-refractivity contribution is 9.10. The third kappa shape index (κ3) is 4.58. The molecule has 0 radical (unpaired) electrons. The number of benzene rings is 2. The van der Waals surface area contributed by atoms with Gasteiger partial charge in [0.1, 0.15) is 5.75 Å². The normalized spacial score (nSPS) is 14.5. The first-order valence-corrected chi connectivity index (χ1v) is 9.32. The summed E-state index contributed by atoms with van der Waals surface area (Å²) in [4.78, 5) is 16.4. The molecule has 1 N–H and O–H groups in total. The SMILES string of the molecule is COc1ccccc1N1CCN(C(=O)N/C=C/c2ccc(Br)cc2)CC1. The Morgan fingerprint density at radius 3 is 2.46 bits per heavy atom. The predicted octanol–water partition coefficient (Wildman–Crippen LogP) is 3.96. The molecule has 2 aromatic rings. The fraction of sp³-hybridized carbons (Fsp3) is 0.250. The Kier molecular flexibility index (Phi) is 6.17. The van der Waals surface area contributed by atoms with Crippen molar-refractivity contribution in [3.8, 4) is 5.75 Å². The monoisotopic (exact) mass is 415 g/mol. The molecule has 0 bridgehead atoms. The molecule has 6 heteroatoms. The number of hydrogen-bond donors (Lipinski definition) is 1.